The van der Waals surface area contributed by atoms with Gasteiger partial charge in [0.15, 0.2) is 4.96 Å². The summed E-state index contributed by atoms with van der Waals surface area (Å²) in [6.45, 7) is 2.71. The Morgan fingerprint density at radius 3 is 2.95 bits per heavy atom. The van der Waals surface area contributed by atoms with Crippen LogP contribution in [0.3, 0.4) is 0 Å². The third-order valence-corrected chi connectivity index (χ3v) is 3.83. The summed E-state index contributed by atoms with van der Waals surface area (Å²) in [6, 6.07) is 7.18. The zero-order valence-electron chi connectivity index (χ0n) is 12.1. The second kappa shape index (κ2) is 6.53. The number of ether oxygens (including phenoxy) is 1. The predicted octanol–water partition coefficient (Wildman–Crippen LogP) is 3.19. The molecule has 3 aromatic rings. The summed E-state index contributed by atoms with van der Waals surface area (Å²) < 4.78 is 6.94. The Kier molecular flexibility index (Phi) is 4.29. The molecular weight excluding hydrogens is 298 g/mol. The minimum atomic E-state index is -0.302. The van der Waals surface area contributed by atoms with Crippen molar-refractivity contribution >= 4 is 28.5 Å². The number of carbonyl (C=O) groups is 1. The molecule has 0 spiro atoms. The van der Waals surface area contributed by atoms with Crippen molar-refractivity contribution in [2.45, 2.75) is 13.5 Å². The summed E-state index contributed by atoms with van der Waals surface area (Å²) in [4.78, 5) is 21.4. The number of hydrogen-bond acceptors (Lipinski definition) is 5. The molecule has 3 rings (SSSR count). The van der Waals surface area contributed by atoms with E-state index in [1.807, 2.05) is 34.3 Å². The van der Waals surface area contributed by atoms with Crippen molar-refractivity contribution < 1.29 is 9.53 Å². The molecular formula is C16H15N3O2S. The summed E-state index contributed by atoms with van der Waals surface area (Å²) in [5.74, 6) is -0.302. The molecule has 22 heavy (non-hydrogen) atoms. The molecule has 0 atom stereocenters. The first kappa shape index (κ1) is 14.5. The Balaban J connectivity index is 1.62. The highest BCUT2D eigenvalue weighted by molar-refractivity contribution is 7.15. The molecule has 0 aliphatic carbocycles. The Morgan fingerprint density at radius 1 is 1.41 bits per heavy atom. The Bertz CT molecular complexity index is 774. The topological polar surface area (TPSA) is 56.0 Å². The number of rotatable bonds is 5. The standard InChI is InChI=1S/C16H15N3O2S/c1-2-21-15(20)13-5-3-12(4-6-13)9-17-10-14-11-19-7-8-22-16(19)18-14/h3-9,11H,2,10H2,1H3. The summed E-state index contributed by atoms with van der Waals surface area (Å²) in [7, 11) is 0. The maximum Gasteiger partial charge on any atom is 0.338 e. The van der Waals surface area contributed by atoms with Crippen molar-refractivity contribution in [2.24, 2.45) is 4.99 Å². The van der Waals surface area contributed by atoms with E-state index in [2.05, 4.69) is 9.98 Å². The summed E-state index contributed by atoms with van der Waals surface area (Å²) in [5, 5.41) is 2.00. The van der Waals surface area contributed by atoms with E-state index in [-0.39, 0.29) is 5.97 Å². The zero-order valence-corrected chi connectivity index (χ0v) is 12.9. The van der Waals surface area contributed by atoms with Crippen LogP contribution in [0.4, 0.5) is 0 Å². The van der Waals surface area contributed by atoms with Crippen LogP contribution in [-0.2, 0) is 11.3 Å². The molecule has 0 saturated carbocycles. The van der Waals surface area contributed by atoms with E-state index < -0.39 is 0 Å². The van der Waals surface area contributed by atoms with E-state index >= 15 is 0 Å². The van der Waals surface area contributed by atoms with Gasteiger partial charge in [-0.25, -0.2) is 9.78 Å². The van der Waals surface area contributed by atoms with E-state index in [9.17, 15) is 4.79 Å². The molecule has 0 amide bonds. The number of hydrogen-bond donors (Lipinski definition) is 0. The molecule has 0 aliphatic rings. The minimum Gasteiger partial charge on any atom is -0.462 e. The molecule has 5 nitrogen and oxygen atoms in total. The van der Waals surface area contributed by atoms with Gasteiger partial charge < -0.3 is 4.74 Å². The van der Waals surface area contributed by atoms with E-state index in [0.717, 1.165) is 16.2 Å². The number of carbonyl (C=O) groups excluding carboxylic acids is 1. The van der Waals surface area contributed by atoms with Crippen molar-refractivity contribution in [1.82, 2.24) is 9.38 Å². The van der Waals surface area contributed by atoms with Crippen molar-refractivity contribution in [3.05, 3.63) is 58.9 Å². The van der Waals surface area contributed by atoms with Gasteiger partial charge in [0, 0.05) is 24.0 Å². The van der Waals surface area contributed by atoms with Crippen LogP contribution in [0.1, 0.15) is 28.5 Å². The lowest BCUT2D eigenvalue weighted by Gasteiger charge is -2.01. The van der Waals surface area contributed by atoms with Crippen LogP contribution in [0.15, 0.2) is 47.0 Å². The molecule has 2 heterocycles. The zero-order chi connectivity index (χ0) is 15.4. The number of esters is 1. The number of imidazole rings is 1. The average Bonchev–Trinajstić information content (AvgIpc) is 3.09. The highest BCUT2D eigenvalue weighted by atomic mass is 32.1. The SMILES string of the molecule is CCOC(=O)c1ccc(C=NCc2cn3ccsc3n2)cc1. The lowest BCUT2D eigenvalue weighted by atomic mass is 10.1. The van der Waals surface area contributed by atoms with Crippen molar-refractivity contribution in [3.8, 4) is 0 Å². The fraction of sp³-hybridized carbons (Fsp3) is 0.188. The Labute approximate surface area is 131 Å². The van der Waals surface area contributed by atoms with E-state index in [1.165, 1.54) is 0 Å². The molecule has 0 N–H and O–H groups in total. The number of thiazole rings is 1. The van der Waals surface area contributed by atoms with Gasteiger partial charge in [0.1, 0.15) is 0 Å². The Morgan fingerprint density at radius 2 is 2.23 bits per heavy atom. The maximum absolute atomic E-state index is 11.5. The molecule has 6 heteroatoms. The molecule has 0 fully saturated rings. The first-order chi connectivity index (χ1) is 10.8. The first-order valence-electron chi connectivity index (χ1n) is 6.94. The number of nitrogens with zero attached hydrogens (tertiary/aromatic N) is 3. The second-order valence-electron chi connectivity index (χ2n) is 4.64. The Hall–Kier alpha value is -2.47. The van der Waals surface area contributed by atoms with Crippen molar-refractivity contribution in [2.75, 3.05) is 6.61 Å². The number of aromatic nitrogens is 2. The highest BCUT2D eigenvalue weighted by Crippen LogP contribution is 2.12. The normalized spacial score (nSPS) is 11.3. The van der Waals surface area contributed by atoms with Gasteiger partial charge in [-0.1, -0.05) is 12.1 Å². The van der Waals surface area contributed by atoms with Gasteiger partial charge in [-0.15, -0.1) is 11.3 Å². The summed E-state index contributed by atoms with van der Waals surface area (Å²) in [5.41, 5.74) is 2.42. The lowest BCUT2D eigenvalue weighted by molar-refractivity contribution is 0.0526. The molecule has 0 radical (unpaired) electrons. The van der Waals surface area contributed by atoms with Crippen LogP contribution < -0.4 is 0 Å². The van der Waals surface area contributed by atoms with E-state index in [4.69, 9.17) is 4.74 Å². The fourth-order valence-corrected chi connectivity index (χ4v) is 2.74. The molecule has 2 aromatic heterocycles. The van der Waals surface area contributed by atoms with Gasteiger partial charge in [-0.3, -0.25) is 9.39 Å². The molecule has 0 unspecified atom stereocenters. The third-order valence-electron chi connectivity index (χ3n) is 3.06. The van der Waals surface area contributed by atoms with Gasteiger partial charge >= 0.3 is 5.97 Å². The molecule has 0 aliphatic heterocycles. The summed E-state index contributed by atoms with van der Waals surface area (Å²) >= 11 is 1.60. The first-order valence-corrected chi connectivity index (χ1v) is 7.82. The molecule has 0 saturated heterocycles. The van der Waals surface area contributed by atoms with Crippen LogP contribution in [0.25, 0.3) is 4.96 Å². The average molecular weight is 313 g/mol. The van der Waals surface area contributed by atoms with Gasteiger partial charge in [0.25, 0.3) is 0 Å². The van der Waals surface area contributed by atoms with Crippen LogP contribution in [0, 0.1) is 0 Å². The van der Waals surface area contributed by atoms with Gasteiger partial charge in [-0.2, -0.15) is 0 Å². The number of aliphatic imine (C=N–C) groups is 1. The van der Waals surface area contributed by atoms with Gasteiger partial charge in [0.05, 0.1) is 24.4 Å². The maximum atomic E-state index is 11.5. The van der Waals surface area contributed by atoms with Crippen LogP contribution in [-0.4, -0.2) is 28.2 Å². The highest BCUT2D eigenvalue weighted by Gasteiger charge is 2.05. The quantitative estimate of drug-likeness (QED) is 0.537. The second-order valence-corrected chi connectivity index (χ2v) is 5.51. The van der Waals surface area contributed by atoms with E-state index in [0.29, 0.717) is 18.7 Å². The van der Waals surface area contributed by atoms with Crippen LogP contribution in [0.5, 0.6) is 0 Å². The third kappa shape index (κ3) is 3.23. The largest absolute Gasteiger partial charge is 0.462 e. The molecule has 112 valence electrons. The molecule has 0 bridgehead atoms. The molecule has 1 aromatic carbocycles. The smallest absolute Gasteiger partial charge is 0.338 e. The van der Waals surface area contributed by atoms with Crippen molar-refractivity contribution in [1.29, 1.82) is 0 Å². The van der Waals surface area contributed by atoms with Crippen LogP contribution >= 0.6 is 11.3 Å². The number of fused-ring (bicyclic) bond motifs is 1. The monoisotopic (exact) mass is 313 g/mol. The fourth-order valence-electron chi connectivity index (χ4n) is 2.02. The van der Waals surface area contributed by atoms with Crippen LogP contribution in [0.2, 0.25) is 0 Å². The van der Waals surface area contributed by atoms with Crippen molar-refractivity contribution in [3.63, 3.8) is 0 Å². The number of benzene rings is 1. The predicted molar refractivity (Wildman–Crippen MR) is 86.8 cm³/mol. The lowest BCUT2D eigenvalue weighted by Crippen LogP contribution is -2.04. The summed E-state index contributed by atoms with van der Waals surface area (Å²) in [6.07, 6.45) is 5.74. The van der Waals surface area contributed by atoms with Gasteiger partial charge in [-0.05, 0) is 24.6 Å². The minimum absolute atomic E-state index is 0.302. The van der Waals surface area contributed by atoms with E-state index in [1.54, 1.807) is 36.6 Å². The van der Waals surface area contributed by atoms with Gasteiger partial charge in [0.2, 0.25) is 0 Å².